The van der Waals surface area contributed by atoms with Gasteiger partial charge in [-0.2, -0.15) is 0 Å². The molecule has 0 spiro atoms. The molecule has 0 aliphatic carbocycles. The second kappa shape index (κ2) is 5.21. The fraction of sp³-hybridized carbons (Fsp3) is 0.0909. The molecule has 0 aliphatic heterocycles. The lowest BCUT2D eigenvalue weighted by Gasteiger charge is -2.06. The quantitative estimate of drug-likeness (QED) is 0.893. The first kappa shape index (κ1) is 12.6. The Kier molecular flexibility index (Phi) is 3.86. The van der Waals surface area contributed by atoms with Crippen molar-refractivity contribution >= 4 is 44.9 Å². The minimum atomic E-state index is 0.488. The van der Waals surface area contributed by atoms with Crippen molar-refractivity contribution in [3.8, 4) is 11.4 Å². The normalized spacial score (nSPS) is 10.4. The van der Waals surface area contributed by atoms with E-state index in [9.17, 15) is 0 Å². The highest BCUT2D eigenvalue weighted by Gasteiger charge is 2.07. The Morgan fingerprint density at radius 2 is 2.00 bits per heavy atom. The molecule has 1 aromatic carbocycles. The molecule has 2 rings (SSSR count). The smallest absolute Gasteiger partial charge is 0.161 e. The first-order valence-corrected chi connectivity index (χ1v) is 6.32. The van der Waals surface area contributed by atoms with Crippen LogP contribution in [-0.4, -0.2) is 17.0 Å². The molecule has 0 saturated heterocycles. The molecule has 0 unspecified atom stereocenters. The zero-order valence-electron chi connectivity index (χ0n) is 8.84. The van der Waals surface area contributed by atoms with Gasteiger partial charge in [0, 0.05) is 18.8 Å². The van der Waals surface area contributed by atoms with Crippen molar-refractivity contribution in [2.24, 2.45) is 0 Å². The van der Waals surface area contributed by atoms with Gasteiger partial charge in [-0.15, -0.1) is 0 Å². The standard InChI is InChI=1S/C11H8BrCl2N3/c1-15-11-7(12)5-16-10(17-11)6-2-3-8(13)9(14)4-6/h2-5H,1H3,(H,15,16,17). The van der Waals surface area contributed by atoms with E-state index in [0.29, 0.717) is 15.9 Å². The largest absolute Gasteiger partial charge is 0.372 e. The van der Waals surface area contributed by atoms with Gasteiger partial charge < -0.3 is 5.32 Å². The van der Waals surface area contributed by atoms with Crippen molar-refractivity contribution in [3.05, 3.63) is 38.9 Å². The molecule has 3 nitrogen and oxygen atoms in total. The van der Waals surface area contributed by atoms with Crippen LogP contribution in [0.2, 0.25) is 10.0 Å². The second-order valence-corrected chi connectivity index (χ2v) is 4.94. The number of anilines is 1. The SMILES string of the molecule is CNc1nc(-c2ccc(Cl)c(Cl)c2)ncc1Br. The minimum absolute atomic E-state index is 0.488. The summed E-state index contributed by atoms with van der Waals surface area (Å²) in [6, 6.07) is 5.30. The van der Waals surface area contributed by atoms with Crippen molar-refractivity contribution in [1.29, 1.82) is 0 Å². The molecular formula is C11H8BrCl2N3. The van der Waals surface area contributed by atoms with Gasteiger partial charge in [-0.1, -0.05) is 23.2 Å². The number of hydrogen-bond acceptors (Lipinski definition) is 3. The molecule has 6 heteroatoms. The summed E-state index contributed by atoms with van der Waals surface area (Å²) >= 11 is 15.2. The fourth-order valence-electron chi connectivity index (χ4n) is 1.32. The highest BCUT2D eigenvalue weighted by atomic mass is 79.9. The Balaban J connectivity index is 2.49. The van der Waals surface area contributed by atoms with E-state index < -0.39 is 0 Å². The summed E-state index contributed by atoms with van der Waals surface area (Å²) in [5.74, 6) is 1.32. The first-order chi connectivity index (χ1) is 8.11. The highest BCUT2D eigenvalue weighted by molar-refractivity contribution is 9.10. The Morgan fingerprint density at radius 1 is 1.24 bits per heavy atom. The lowest BCUT2D eigenvalue weighted by atomic mass is 10.2. The molecule has 88 valence electrons. The van der Waals surface area contributed by atoms with Gasteiger partial charge in [0.1, 0.15) is 5.82 Å². The summed E-state index contributed by atoms with van der Waals surface area (Å²) in [5.41, 5.74) is 0.823. The van der Waals surface area contributed by atoms with Crippen LogP contribution >= 0.6 is 39.1 Å². The van der Waals surface area contributed by atoms with E-state index >= 15 is 0 Å². The van der Waals surface area contributed by atoms with Gasteiger partial charge in [0.2, 0.25) is 0 Å². The predicted molar refractivity (Wildman–Crippen MR) is 74.7 cm³/mol. The zero-order valence-corrected chi connectivity index (χ0v) is 11.9. The third kappa shape index (κ3) is 2.70. The molecule has 0 radical (unpaired) electrons. The molecule has 0 bridgehead atoms. The van der Waals surface area contributed by atoms with Gasteiger partial charge in [0.15, 0.2) is 5.82 Å². The Hall–Kier alpha value is -0.840. The Labute approximate surface area is 117 Å². The lowest BCUT2D eigenvalue weighted by molar-refractivity contribution is 1.15. The lowest BCUT2D eigenvalue weighted by Crippen LogP contribution is -1.97. The fourth-order valence-corrected chi connectivity index (χ4v) is 2.00. The number of nitrogens with zero attached hydrogens (tertiary/aromatic N) is 2. The van der Waals surface area contributed by atoms with Gasteiger partial charge in [0.05, 0.1) is 14.5 Å². The first-order valence-electron chi connectivity index (χ1n) is 4.77. The van der Waals surface area contributed by atoms with Crippen LogP contribution in [0.1, 0.15) is 0 Å². The summed E-state index contributed by atoms with van der Waals surface area (Å²) in [7, 11) is 1.80. The van der Waals surface area contributed by atoms with E-state index in [1.54, 1.807) is 25.4 Å². The van der Waals surface area contributed by atoms with Crippen LogP contribution in [0.25, 0.3) is 11.4 Å². The van der Waals surface area contributed by atoms with Gasteiger partial charge >= 0.3 is 0 Å². The zero-order chi connectivity index (χ0) is 12.4. The van der Waals surface area contributed by atoms with E-state index in [-0.39, 0.29) is 0 Å². The van der Waals surface area contributed by atoms with Crippen molar-refractivity contribution in [2.75, 3.05) is 12.4 Å². The number of hydrogen-bond donors (Lipinski definition) is 1. The van der Waals surface area contributed by atoms with E-state index in [1.807, 2.05) is 6.07 Å². The van der Waals surface area contributed by atoms with Crippen LogP contribution in [0.3, 0.4) is 0 Å². The van der Waals surface area contributed by atoms with E-state index in [2.05, 4.69) is 31.2 Å². The average Bonchev–Trinajstić information content (AvgIpc) is 2.33. The summed E-state index contributed by atoms with van der Waals surface area (Å²) in [6.45, 7) is 0. The molecule has 17 heavy (non-hydrogen) atoms. The van der Waals surface area contributed by atoms with Crippen molar-refractivity contribution in [2.45, 2.75) is 0 Å². The van der Waals surface area contributed by atoms with E-state index in [4.69, 9.17) is 23.2 Å². The third-order valence-electron chi connectivity index (χ3n) is 2.16. The summed E-state index contributed by atoms with van der Waals surface area (Å²) in [6.07, 6.45) is 1.69. The molecule has 1 N–H and O–H groups in total. The molecule has 1 aromatic heterocycles. The summed E-state index contributed by atoms with van der Waals surface area (Å²) < 4.78 is 0.809. The van der Waals surface area contributed by atoms with Crippen LogP contribution in [0.5, 0.6) is 0 Å². The van der Waals surface area contributed by atoms with E-state index in [0.717, 1.165) is 15.9 Å². The van der Waals surface area contributed by atoms with E-state index in [1.165, 1.54) is 0 Å². The molecule has 2 aromatic rings. The van der Waals surface area contributed by atoms with Crippen LogP contribution in [0.4, 0.5) is 5.82 Å². The average molecular weight is 333 g/mol. The van der Waals surface area contributed by atoms with Crippen molar-refractivity contribution in [1.82, 2.24) is 9.97 Å². The maximum atomic E-state index is 5.96. The molecule has 0 aliphatic rings. The maximum Gasteiger partial charge on any atom is 0.161 e. The van der Waals surface area contributed by atoms with Crippen molar-refractivity contribution < 1.29 is 0 Å². The Bertz CT molecular complexity index is 560. The number of benzene rings is 1. The summed E-state index contributed by atoms with van der Waals surface area (Å²) in [5, 5.41) is 3.98. The second-order valence-electron chi connectivity index (χ2n) is 3.27. The van der Waals surface area contributed by atoms with Gasteiger partial charge in [-0.25, -0.2) is 9.97 Å². The molecule has 1 heterocycles. The number of aromatic nitrogens is 2. The minimum Gasteiger partial charge on any atom is -0.372 e. The third-order valence-corrected chi connectivity index (χ3v) is 3.48. The highest BCUT2D eigenvalue weighted by Crippen LogP contribution is 2.28. The molecular weight excluding hydrogens is 325 g/mol. The van der Waals surface area contributed by atoms with Crippen molar-refractivity contribution in [3.63, 3.8) is 0 Å². The summed E-state index contributed by atoms with van der Waals surface area (Å²) in [4.78, 5) is 8.59. The monoisotopic (exact) mass is 331 g/mol. The number of rotatable bonds is 2. The molecule has 0 fully saturated rings. The number of nitrogens with one attached hydrogen (secondary N) is 1. The maximum absolute atomic E-state index is 5.96. The van der Waals surface area contributed by atoms with Gasteiger partial charge in [-0.3, -0.25) is 0 Å². The van der Waals surface area contributed by atoms with Crippen LogP contribution < -0.4 is 5.32 Å². The van der Waals surface area contributed by atoms with Gasteiger partial charge in [-0.05, 0) is 34.1 Å². The topological polar surface area (TPSA) is 37.8 Å². The molecule has 0 saturated carbocycles. The number of halogens is 3. The predicted octanol–water partition coefficient (Wildman–Crippen LogP) is 4.25. The molecule has 0 amide bonds. The van der Waals surface area contributed by atoms with Gasteiger partial charge in [0.25, 0.3) is 0 Å². The Morgan fingerprint density at radius 3 is 2.65 bits per heavy atom. The van der Waals surface area contributed by atoms with Crippen LogP contribution in [-0.2, 0) is 0 Å². The van der Waals surface area contributed by atoms with Crippen LogP contribution in [0, 0.1) is 0 Å². The van der Waals surface area contributed by atoms with Crippen LogP contribution in [0.15, 0.2) is 28.9 Å². The molecule has 0 atom stereocenters.